The highest BCUT2D eigenvalue weighted by molar-refractivity contribution is 7.89. The molecule has 0 saturated carbocycles. The molecule has 2 N–H and O–H groups in total. The highest BCUT2D eigenvalue weighted by Crippen LogP contribution is 2.32. The summed E-state index contributed by atoms with van der Waals surface area (Å²) in [5, 5.41) is 5.13. The molecule has 0 saturated heterocycles. The molecule has 0 amide bonds. The number of aryl methyl sites for hydroxylation is 1. The number of pyridine rings is 1. The third-order valence-corrected chi connectivity index (χ3v) is 5.79. The van der Waals surface area contributed by atoms with E-state index in [2.05, 4.69) is 15.0 Å². The Morgan fingerprint density at radius 3 is 2.03 bits per heavy atom. The molecule has 168 valence electrons. The lowest BCUT2D eigenvalue weighted by Gasteiger charge is -2.10. The predicted octanol–water partition coefficient (Wildman–Crippen LogP) is 4.85. The molecule has 0 radical (unpaired) electrons. The van der Waals surface area contributed by atoms with Gasteiger partial charge in [-0.3, -0.25) is 4.98 Å². The Balaban J connectivity index is 1.70. The Hall–Kier alpha value is -3.63. The summed E-state index contributed by atoms with van der Waals surface area (Å²) in [6.07, 6.45) is -2.85. The average molecular weight is 470 g/mol. The maximum absolute atomic E-state index is 12.9. The van der Waals surface area contributed by atoms with Crippen LogP contribution >= 0.6 is 0 Å². The van der Waals surface area contributed by atoms with Crippen LogP contribution in [0.15, 0.2) is 77.8 Å². The van der Waals surface area contributed by atoms with Crippen LogP contribution in [0.25, 0.3) is 33.9 Å². The molecule has 4 aromatic rings. The monoisotopic (exact) mass is 470 g/mol. The first-order chi connectivity index (χ1) is 15.5. The summed E-state index contributed by atoms with van der Waals surface area (Å²) in [6.45, 7) is 1.78. The van der Waals surface area contributed by atoms with Crippen molar-refractivity contribution in [2.24, 2.45) is 5.14 Å². The van der Waals surface area contributed by atoms with Crippen molar-refractivity contribution in [2.45, 2.75) is 18.0 Å². The third-order valence-electron chi connectivity index (χ3n) is 4.86. The molecule has 2 heterocycles. The number of rotatable bonds is 4. The van der Waals surface area contributed by atoms with Crippen LogP contribution in [0.1, 0.15) is 11.3 Å². The van der Waals surface area contributed by atoms with E-state index in [0.717, 1.165) is 12.1 Å². The van der Waals surface area contributed by atoms with Gasteiger partial charge in [-0.25, -0.2) is 23.5 Å². The normalized spacial score (nSPS) is 12.0. The zero-order valence-electron chi connectivity index (χ0n) is 17.2. The first-order valence-electron chi connectivity index (χ1n) is 9.64. The molecule has 0 atom stereocenters. The molecule has 33 heavy (non-hydrogen) atoms. The number of primary sulfonamides is 1. The van der Waals surface area contributed by atoms with Gasteiger partial charge in [-0.05, 0) is 72.6 Å². The highest BCUT2D eigenvalue weighted by atomic mass is 32.2. The van der Waals surface area contributed by atoms with Crippen LogP contribution in [-0.2, 0) is 16.2 Å². The molecule has 0 spiro atoms. The van der Waals surface area contributed by atoms with Crippen molar-refractivity contribution in [3.63, 3.8) is 0 Å². The minimum atomic E-state index is -4.40. The fourth-order valence-electron chi connectivity index (χ4n) is 3.25. The maximum Gasteiger partial charge on any atom is 0.416 e. The number of hydrogen-bond acceptors (Lipinski definition) is 5. The summed E-state index contributed by atoms with van der Waals surface area (Å²) in [4.78, 5) is 13.2. The van der Waals surface area contributed by atoms with Crippen LogP contribution in [0.2, 0.25) is 0 Å². The number of nitrogens with zero attached hydrogens (tertiary/aromatic N) is 3. The molecule has 2 aromatic heterocycles. The smallest absolute Gasteiger partial charge is 0.251 e. The summed E-state index contributed by atoms with van der Waals surface area (Å²) < 4.78 is 61.5. The molecule has 0 aliphatic rings. The van der Waals surface area contributed by atoms with Gasteiger partial charge in [0.1, 0.15) is 0 Å². The van der Waals surface area contributed by atoms with Crippen LogP contribution in [0, 0.1) is 6.92 Å². The van der Waals surface area contributed by atoms with E-state index < -0.39 is 21.8 Å². The summed E-state index contributed by atoms with van der Waals surface area (Å²) in [5.74, 6) is 0.354. The number of alkyl halides is 3. The SMILES string of the molecule is Cc1cc(-c2ccc(C(F)(F)F)cc2)cc(-c2ccnc(-c3ccc(S(N)(=O)=O)cc3)n2)n1. The quantitative estimate of drug-likeness (QED) is 0.460. The number of sulfonamides is 1. The molecule has 0 aliphatic heterocycles. The van der Waals surface area contributed by atoms with E-state index in [9.17, 15) is 21.6 Å². The van der Waals surface area contributed by atoms with Crippen molar-refractivity contribution < 1.29 is 21.6 Å². The molecular formula is C23H17F3N4O2S. The van der Waals surface area contributed by atoms with Crippen molar-refractivity contribution in [2.75, 3.05) is 0 Å². The van der Waals surface area contributed by atoms with Gasteiger partial charge in [-0.15, -0.1) is 0 Å². The largest absolute Gasteiger partial charge is 0.416 e. The van der Waals surface area contributed by atoms with E-state index in [0.29, 0.717) is 39.6 Å². The van der Waals surface area contributed by atoms with Crippen molar-refractivity contribution >= 4 is 10.0 Å². The van der Waals surface area contributed by atoms with Crippen LogP contribution in [0.3, 0.4) is 0 Å². The summed E-state index contributed by atoms with van der Waals surface area (Å²) in [6, 6.07) is 15.9. The van der Waals surface area contributed by atoms with Gasteiger partial charge in [0.05, 0.1) is 21.8 Å². The van der Waals surface area contributed by atoms with Crippen LogP contribution < -0.4 is 5.14 Å². The van der Waals surface area contributed by atoms with Gasteiger partial charge >= 0.3 is 6.18 Å². The average Bonchev–Trinajstić information content (AvgIpc) is 2.78. The van der Waals surface area contributed by atoms with Gasteiger partial charge in [0.15, 0.2) is 5.82 Å². The Kier molecular flexibility index (Phi) is 5.73. The topological polar surface area (TPSA) is 98.8 Å². The van der Waals surface area contributed by atoms with Gasteiger partial charge < -0.3 is 0 Å². The second-order valence-electron chi connectivity index (χ2n) is 7.29. The minimum absolute atomic E-state index is 0.0241. The lowest BCUT2D eigenvalue weighted by atomic mass is 10.0. The lowest BCUT2D eigenvalue weighted by Crippen LogP contribution is -2.11. The fraction of sp³-hybridized carbons (Fsp3) is 0.0870. The molecule has 6 nitrogen and oxygen atoms in total. The number of aromatic nitrogens is 3. The molecule has 0 bridgehead atoms. The van der Waals surface area contributed by atoms with Gasteiger partial charge in [-0.1, -0.05) is 12.1 Å². The first-order valence-corrected chi connectivity index (χ1v) is 11.2. The standard InChI is InChI=1S/C23H17F3N4O2S/c1-14-12-17(15-2-6-18(7-3-15)23(24,25)26)13-21(29-14)20-10-11-28-22(30-20)16-4-8-19(9-5-16)33(27,31)32/h2-13H,1H3,(H2,27,31,32). The van der Waals surface area contributed by atoms with E-state index >= 15 is 0 Å². The molecule has 0 unspecified atom stereocenters. The van der Waals surface area contributed by atoms with Gasteiger partial charge in [0.2, 0.25) is 10.0 Å². The molecular weight excluding hydrogens is 453 g/mol. The molecule has 2 aromatic carbocycles. The van der Waals surface area contributed by atoms with E-state index in [1.54, 1.807) is 43.5 Å². The number of hydrogen-bond donors (Lipinski definition) is 1. The summed E-state index contributed by atoms with van der Waals surface area (Å²) >= 11 is 0. The number of benzene rings is 2. The predicted molar refractivity (Wildman–Crippen MR) is 117 cm³/mol. The number of halogens is 3. The van der Waals surface area contributed by atoms with E-state index in [-0.39, 0.29) is 4.90 Å². The Labute approximate surface area is 188 Å². The Bertz CT molecular complexity index is 1420. The zero-order chi connectivity index (χ0) is 23.8. The molecule has 10 heteroatoms. The van der Waals surface area contributed by atoms with Gasteiger partial charge in [0.25, 0.3) is 0 Å². The van der Waals surface area contributed by atoms with Crippen molar-refractivity contribution in [3.8, 4) is 33.9 Å². The molecule has 4 rings (SSSR count). The lowest BCUT2D eigenvalue weighted by molar-refractivity contribution is -0.137. The Morgan fingerprint density at radius 2 is 1.42 bits per heavy atom. The van der Waals surface area contributed by atoms with Crippen molar-refractivity contribution in [1.29, 1.82) is 0 Å². The van der Waals surface area contributed by atoms with Crippen molar-refractivity contribution in [1.82, 2.24) is 15.0 Å². The third kappa shape index (κ3) is 5.07. The zero-order valence-corrected chi connectivity index (χ0v) is 18.0. The number of nitrogens with two attached hydrogens (primary N) is 1. The van der Waals surface area contributed by atoms with Gasteiger partial charge in [0, 0.05) is 17.5 Å². The maximum atomic E-state index is 12.9. The summed E-state index contributed by atoms with van der Waals surface area (Å²) in [7, 11) is -3.81. The van der Waals surface area contributed by atoms with E-state index in [1.807, 2.05) is 0 Å². The second kappa shape index (κ2) is 8.38. The van der Waals surface area contributed by atoms with E-state index in [4.69, 9.17) is 5.14 Å². The minimum Gasteiger partial charge on any atom is -0.251 e. The fourth-order valence-corrected chi connectivity index (χ4v) is 3.77. The second-order valence-corrected chi connectivity index (χ2v) is 8.85. The van der Waals surface area contributed by atoms with E-state index in [1.165, 1.54) is 24.3 Å². The van der Waals surface area contributed by atoms with Gasteiger partial charge in [-0.2, -0.15) is 13.2 Å². The molecule has 0 aliphatic carbocycles. The van der Waals surface area contributed by atoms with Crippen LogP contribution in [0.4, 0.5) is 13.2 Å². The van der Waals surface area contributed by atoms with Crippen molar-refractivity contribution in [3.05, 3.63) is 84.2 Å². The Morgan fingerprint density at radius 1 is 0.788 bits per heavy atom. The first kappa shape index (κ1) is 22.6. The highest BCUT2D eigenvalue weighted by Gasteiger charge is 2.30. The van der Waals surface area contributed by atoms with Crippen LogP contribution in [-0.4, -0.2) is 23.4 Å². The van der Waals surface area contributed by atoms with Crippen LogP contribution in [0.5, 0.6) is 0 Å². The summed E-state index contributed by atoms with van der Waals surface area (Å²) in [5.41, 5.74) is 2.87. The molecule has 0 fully saturated rings.